The summed E-state index contributed by atoms with van der Waals surface area (Å²) in [5.74, 6) is -1.45. The lowest BCUT2D eigenvalue weighted by atomic mass is 9.78. The molecule has 1 atom stereocenters. The van der Waals surface area contributed by atoms with Crippen molar-refractivity contribution in [1.82, 2.24) is 15.2 Å². The molecule has 2 aromatic heterocycles. The van der Waals surface area contributed by atoms with Gasteiger partial charge in [0.2, 0.25) is 9.47 Å². The number of nitrogens with two attached hydrogens (primary N) is 1. The van der Waals surface area contributed by atoms with Crippen molar-refractivity contribution in [2.45, 2.75) is 61.7 Å². The van der Waals surface area contributed by atoms with Gasteiger partial charge in [-0.05, 0) is 81.4 Å². The highest BCUT2D eigenvalue weighted by Gasteiger charge is 2.44. The summed E-state index contributed by atoms with van der Waals surface area (Å²) in [6.45, 7) is 9.11. The molecule has 2 aliphatic rings. The number of rotatable bonds is 15. The SMILES string of the molecule is CC1(C)C(=CC=C(/C=C/C2N(CCCS(=O)(=O)O)c3ccc4ccccc4c3C2(C)C)c2ccc(C(=O)Nc3nnc(S(N)(=O)=O)s3)cn2)N(CCCS(=O)(=O)O)c2ccc3ccccc3c21. The van der Waals surface area contributed by atoms with Gasteiger partial charge in [-0.25, -0.2) is 13.6 Å². The number of allylic oxidation sites excluding steroid dienone is 5. The largest absolute Gasteiger partial charge is 0.364 e. The van der Waals surface area contributed by atoms with Gasteiger partial charge in [0.1, 0.15) is 0 Å². The number of carbonyl (C=O) groups is 1. The highest BCUT2D eigenvalue weighted by molar-refractivity contribution is 7.91. The van der Waals surface area contributed by atoms with E-state index < -0.39 is 62.8 Å². The molecule has 1 amide bonds. The molecule has 0 aliphatic carbocycles. The molecular weight excluding hydrogens is 935 g/mol. The number of sulfonamides is 1. The highest BCUT2D eigenvalue weighted by atomic mass is 32.2. The minimum Gasteiger partial charge on any atom is -0.364 e. The van der Waals surface area contributed by atoms with Crippen molar-refractivity contribution in [2.75, 3.05) is 39.7 Å². The summed E-state index contributed by atoms with van der Waals surface area (Å²) in [4.78, 5) is 22.3. The van der Waals surface area contributed by atoms with Crippen LogP contribution in [0.2, 0.25) is 0 Å². The number of hydrogen-bond donors (Lipinski definition) is 4. The highest BCUT2D eigenvalue weighted by Crippen LogP contribution is 2.52. The van der Waals surface area contributed by atoms with Gasteiger partial charge in [-0.15, -0.1) is 10.2 Å². The minimum atomic E-state index is -4.23. The Bertz CT molecular complexity index is 3370. The number of aromatic nitrogens is 3. The van der Waals surface area contributed by atoms with Crippen molar-refractivity contribution >= 4 is 91.1 Å². The van der Waals surface area contributed by atoms with E-state index in [1.54, 1.807) is 12.1 Å². The Labute approximate surface area is 393 Å². The zero-order valence-electron chi connectivity index (χ0n) is 37.0. The van der Waals surface area contributed by atoms with Crippen LogP contribution in [0.3, 0.4) is 0 Å². The summed E-state index contributed by atoms with van der Waals surface area (Å²) in [6, 6.07) is 27.2. The van der Waals surface area contributed by atoms with Crippen molar-refractivity contribution in [3.63, 3.8) is 0 Å². The Morgan fingerprint density at radius 3 is 2.00 bits per heavy atom. The standard InChI is InChI=1S/C47H49N7O9S4/c1-46(2)39(53(25-9-27-65(56,57)58)37-21-16-30-11-5-7-13-34(30)41(37)46)23-18-32(36-20-15-33(29-49-36)43(55)50-44-51-52-45(64-44)67(48,62)63)19-24-40-47(3,4)42-35-14-8-6-12-31(35)17-22-38(42)54(40)26-10-28-66(59,60)61/h5-8,11-24,29,39H,9-10,25-28H2,1-4H3,(H2,48,62,63)(H,50,51,55)(H,56,57,58)(H,59,60,61)/b23-18+,32-19?,40-24?. The van der Waals surface area contributed by atoms with Gasteiger partial charge in [-0.1, -0.05) is 118 Å². The van der Waals surface area contributed by atoms with Gasteiger partial charge >= 0.3 is 0 Å². The third-order valence-corrected chi connectivity index (χ3v) is 16.1. The number of amides is 1. The predicted molar refractivity (Wildman–Crippen MR) is 263 cm³/mol. The molecule has 0 bridgehead atoms. The zero-order valence-corrected chi connectivity index (χ0v) is 40.3. The Balaban J connectivity index is 1.23. The second kappa shape index (κ2) is 18.0. The van der Waals surface area contributed by atoms with Crippen LogP contribution in [0, 0.1) is 0 Å². The van der Waals surface area contributed by atoms with Gasteiger partial charge in [0.05, 0.1) is 28.8 Å². The van der Waals surface area contributed by atoms with E-state index in [1.165, 1.54) is 6.20 Å². The number of anilines is 3. The Morgan fingerprint density at radius 1 is 0.791 bits per heavy atom. The maximum atomic E-state index is 13.3. The molecule has 2 aliphatic heterocycles. The number of nitrogens with zero attached hydrogens (tertiary/aromatic N) is 5. The molecule has 0 fully saturated rings. The van der Waals surface area contributed by atoms with Crippen LogP contribution >= 0.6 is 11.3 Å². The summed E-state index contributed by atoms with van der Waals surface area (Å²) in [7, 11) is -12.6. The van der Waals surface area contributed by atoms with Crippen LogP contribution in [-0.4, -0.2) is 86.1 Å². The van der Waals surface area contributed by atoms with Crippen LogP contribution < -0.4 is 20.3 Å². The Kier molecular flexibility index (Phi) is 12.8. The van der Waals surface area contributed by atoms with Gasteiger partial charge in [0.25, 0.3) is 36.2 Å². The number of nitrogens with one attached hydrogen (secondary N) is 1. The van der Waals surface area contributed by atoms with E-state index in [-0.39, 0.29) is 36.1 Å². The van der Waals surface area contributed by atoms with E-state index in [4.69, 9.17) is 10.1 Å². The number of pyridine rings is 1. The first-order valence-corrected chi connectivity index (χ1v) is 26.8. The summed E-state index contributed by atoms with van der Waals surface area (Å²) >= 11 is 0.607. The van der Waals surface area contributed by atoms with Crippen molar-refractivity contribution in [1.29, 1.82) is 0 Å². The first-order chi connectivity index (χ1) is 31.5. The number of primary sulfonamides is 1. The monoisotopic (exact) mass is 983 g/mol. The summed E-state index contributed by atoms with van der Waals surface area (Å²) in [6.07, 6.45) is 9.60. The number of hydrogen-bond acceptors (Lipinski definition) is 13. The molecule has 4 aromatic carbocycles. The first kappa shape index (κ1) is 47.6. The van der Waals surface area contributed by atoms with Crippen LogP contribution in [0.4, 0.5) is 16.5 Å². The molecule has 0 spiro atoms. The summed E-state index contributed by atoms with van der Waals surface area (Å²) in [5.41, 5.74) is 5.01. The van der Waals surface area contributed by atoms with Crippen molar-refractivity contribution in [2.24, 2.45) is 5.14 Å². The van der Waals surface area contributed by atoms with Gasteiger partial charge < -0.3 is 9.80 Å². The quantitative estimate of drug-likeness (QED) is 0.0443. The van der Waals surface area contributed by atoms with E-state index in [9.17, 15) is 39.2 Å². The fraction of sp³-hybridized carbons (Fsp3) is 0.277. The molecule has 350 valence electrons. The summed E-state index contributed by atoms with van der Waals surface area (Å²) in [5, 5.41) is 19.1. The molecule has 20 heteroatoms. The lowest BCUT2D eigenvalue weighted by Crippen LogP contribution is -2.41. The molecule has 4 heterocycles. The second-order valence-electron chi connectivity index (χ2n) is 17.6. The third kappa shape index (κ3) is 9.92. The Morgan fingerprint density at radius 2 is 1.40 bits per heavy atom. The van der Waals surface area contributed by atoms with Crippen LogP contribution in [0.25, 0.3) is 27.1 Å². The van der Waals surface area contributed by atoms with Crippen LogP contribution in [0.15, 0.2) is 125 Å². The topological polar surface area (TPSA) is 243 Å². The van der Waals surface area contributed by atoms with E-state index in [0.29, 0.717) is 29.1 Å². The smallest absolute Gasteiger partial charge is 0.267 e. The van der Waals surface area contributed by atoms with Crippen LogP contribution in [0.5, 0.6) is 0 Å². The molecule has 67 heavy (non-hydrogen) atoms. The fourth-order valence-corrected chi connectivity index (χ4v) is 11.7. The van der Waals surface area contributed by atoms with Gasteiger partial charge in [-0.3, -0.25) is 24.2 Å². The molecule has 6 aromatic rings. The van der Waals surface area contributed by atoms with Crippen molar-refractivity contribution < 1.29 is 39.2 Å². The van der Waals surface area contributed by atoms with Crippen molar-refractivity contribution in [3.05, 3.63) is 144 Å². The van der Waals surface area contributed by atoms with Gasteiger partial charge in [0.15, 0.2) is 0 Å². The maximum absolute atomic E-state index is 13.3. The fourth-order valence-electron chi connectivity index (χ4n) is 9.40. The average Bonchev–Trinajstić information content (AvgIpc) is 3.89. The average molecular weight is 984 g/mol. The number of fused-ring (bicyclic) bond motifs is 6. The van der Waals surface area contributed by atoms with E-state index in [0.717, 1.165) is 49.7 Å². The van der Waals surface area contributed by atoms with E-state index in [2.05, 4.69) is 77.3 Å². The molecule has 8 rings (SSSR count). The lowest BCUT2D eigenvalue weighted by Gasteiger charge is -2.32. The van der Waals surface area contributed by atoms with E-state index in [1.807, 2.05) is 72.8 Å². The number of carbonyl (C=O) groups excluding carboxylic acids is 1. The molecule has 16 nitrogen and oxygen atoms in total. The predicted octanol–water partition coefficient (Wildman–Crippen LogP) is 7.48. The first-order valence-electron chi connectivity index (χ1n) is 21.3. The molecule has 0 radical (unpaired) electrons. The molecule has 0 saturated heterocycles. The maximum Gasteiger partial charge on any atom is 0.267 e. The number of benzene rings is 4. The summed E-state index contributed by atoms with van der Waals surface area (Å²) < 4.78 is 90.0. The second-order valence-corrected chi connectivity index (χ2v) is 23.5. The van der Waals surface area contributed by atoms with Crippen LogP contribution in [-0.2, 0) is 41.1 Å². The minimum absolute atomic E-state index is 0.0727. The molecular formula is C47H49N7O9S4. The Hall–Kier alpha value is -5.87. The molecule has 0 saturated carbocycles. The third-order valence-electron chi connectivity index (χ3n) is 12.3. The molecule has 5 N–H and O–H groups in total. The van der Waals surface area contributed by atoms with Crippen molar-refractivity contribution in [3.8, 4) is 0 Å². The van der Waals surface area contributed by atoms with Gasteiger partial charge in [-0.2, -0.15) is 16.8 Å². The van der Waals surface area contributed by atoms with E-state index >= 15 is 0 Å². The molecule has 1 unspecified atom stereocenters. The lowest BCUT2D eigenvalue weighted by molar-refractivity contribution is 0.102. The zero-order chi connectivity index (χ0) is 48.1. The van der Waals surface area contributed by atoms with Gasteiger partial charge in [0, 0.05) is 47.2 Å². The van der Waals surface area contributed by atoms with Crippen LogP contribution in [0.1, 0.15) is 67.7 Å². The normalized spacial score (nSPS) is 17.7.